The van der Waals surface area contributed by atoms with E-state index in [9.17, 15) is 9.59 Å². The molecule has 33 heavy (non-hydrogen) atoms. The van der Waals surface area contributed by atoms with Gasteiger partial charge in [-0.05, 0) is 60.9 Å². The molecule has 0 saturated carbocycles. The van der Waals surface area contributed by atoms with Gasteiger partial charge >= 0.3 is 11.9 Å². The number of hydrogen-bond acceptors (Lipinski definition) is 6. The molecule has 0 aliphatic carbocycles. The molecule has 0 spiro atoms. The second kappa shape index (κ2) is 12.3. The lowest BCUT2D eigenvalue weighted by Crippen LogP contribution is -2.15. The predicted molar refractivity (Wildman–Crippen MR) is 125 cm³/mol. The lowest BCUT2D eigenvalue weighted by atomic mass is 10.1. The highest BCUT2D eigenvalue weighted by Crippen LogP contribution is 2.21. The molecule has 0 amide bonds. The summed E-state index contributed by atoms with van der Waals surface area (Å²) in [7, 11) is 0. The van der Waals surface area contributed by atoms with Crippen LogP contribution in [0.3, 0.4) is 0 Å². The van der Waals surface area contributed by atoms with Crippen LogP contribution in [0, 0.1) is 5.92 Å². The molecule has 0 N–H and O–H groups in total. The number of hydrogen-bond donors (Lipinski definition) is 0. The minimum atomic E-state index is -0.594. The second-order valence-electron chi connectivity index (χ2n) is 7.74. The summed E-state index contributed by atoms with van der Waals surface area (Å²) in [5, 5.41) is 0. The molecular formula is C27H28O6. The molecule has 6 heteroatoms. The van der Waals surface area contributed by atoms with E-state index in [1.54, 1.807) is 48.5 Å². The maximum Gasteiger partial charge on any atom is 0.343 e. The van der Waals surface area contributed by atoms with Gasteiger partial charge < -0.3 is 18.9 Å². The average Bonchev–Trinajstić information content (AvgIpc) is 2.83. The average molecular weight is 449 g/mol. The van der Waals surface area contributed by atoms with Crippen molar-refractivity contribution in [1.82, 2.24) is 0 Å². The van der Waals surface area contributed by atoms with E-state index in [1.807, 2.05) is 30.3 Å². The summed E-state index contributed by atoms with van der Waals surface area (Å²) in [4.78, 5) is 25.1. The highest BCUT2D eigenvalue weighted by Gasteiger charge is 2.17. The SMILES string of the molecule is CC(C)CCOc1ccc(C(=O)Oc2ccccc2C(=O)OCCOc2ccccc2)cc1. The molecular weight excluding hydrogens is 420 g/mol. The van der Waals surface area contributed by atoms with Gasteiger partial charge in [0.15, 0.2) is 0 Å². The molecule has 3 aromatic rings. The Labute approximate surface area is 194 Å². The molecule has 0 atom stereocenters. The Hall–Kier alpha value is -3.80. The highest BCUT2D eigenvalue weighted by molar-refractivity contribution is 5.96. The normalized spacial score (nSPS) is 10.5. The van der Waals surface area contributed by atoms with E-state index in [4.69, 9.17) is 18.9 Å². The van der Waals surface area contributed by atoms with Crippen LogP contribution in [0.2, 0.25) is 0 Å². The number of esters is 2. The smallest absolute Gasteiger partial charge is 0.343 e. The Kier molecular flexibility index (Phi) is 8.88. The van der Waals surface area contributed by atoms with E-state index in [0.717, 1.165) is 6.42 Å². The van der Waals surface area contributed by atoms with E-state index >= 15 is 0 Å². The van der Waals surface area contributed by atoms with E-state index in [1.165, 1.54) is 0 Å². The first-order valence-electron chi connectivity index (χ1n) is 10.9. The zero-order chi connectivity index (χ0) is 23.5. The maximum atomic E-state index is 12.6. The Morgan fingerprint density at radius 2 is 1.33 bits per heavy atom. The van der Waals surface area contributed by atoms with E-state index in [2.05, 4.69) is 13.8 Å². The number of carbonyl (C=O) groups is 2. The largest absolute Gasteiger partial charge is 0.494 e. The Balaban J connectivity index is 1.53. The Bertz CT molecular complexity index is 1030. The van der Waals surface area contributed by atoms with Gasteiger partial charge in [-0.25, -0.2) is 9.59 Å². The summed E-state index contributed by atoms with van der Waals surface area (Å²) < 4.78 is 21.9. The van der Waals surface area contributed by atoms with Crippen molar-refractivity contribution in [3.05, 3.63) is 90.0 Å². The zero-order valence-corrected chi connectivity index (χ0v) is 18.9. The number of rotatable bonds is 11. The van der Waals surface area contributed by atoms with Crippen LogP contribution in [0.15, 0.2) is 78.9 Å². The monoisotopic (exact) mass is 448 g/mol. The summed E-state index contributed by atoms with van der Waals surface area (Å²) in [5.74, 6) is 0.907. The van der Waals surface area contributed by atoms with E-state index < -0.39 is 11.9 Å². The summed E-state index contributed by atoms with van der Waals surface area (Å²) in [6, 6.07) is 22.4. The van der Waals surface area contributed by atoms with Crippen molar-refractivity contribution in [3.63, 3.8) is 0 Å². The van der Waals surface area contributed by atoms with Crippen molar-refractivity contribution >= 4 is 11.9 Å². The first-order valence-corrected chi connectivity index (χ1v) is 10.9. The van der Waals surface area contributed by atoms with Gasteiger partial charge in [-0.2, -0.15) is 0 Å². The highest BCUT2D eigenvalue weighted by atomic mass is 16.6. The first kappa shape index (κ1) is 23.9. The molecule has 6 nitrogen and oxygen atoms in total. The third-order valence-electron chi connectivity index (χ3n) is 4.69. The number of benzene rings is 3. The molecule has 0 bridgehead atoms. The Morgan fingerprint density at radius 3 is 2.06 bits per heavy atom. The van der Waals surface area contributed by atoms with Gasteiger partial charge in [0.1, 0.15) is 36.0 Å². The standard InChI is InChI=1S/C27H28O6/c1-20(2)16-17-30-23-14-12-21(13-15-23)26(28)33-25-11-7-6-10-24(25)27(29)32-19-18-31-22-8-4-3-5-9-22/h3-15,20H,16-19H2,1-2H3. The number of para-hydroxylation sites is 2. The molecule has 0 aliphatic rings. The van der Waals surface area contributed by atoms with Crippen LogP contribution in [-0.2, 0) is 4.74 Å². The van der Waals surface area contributed by atoms with Crippen LogP contribution in [0.4, 0.5) is 0 Å². The zero-order valence-electron chi connectivity index (χ0n) is 18.9. The fourth-order valence-electron chi connectivity index (χ4n) is 2.87. The van der Waals surface area contributed by atoms with Crippen molar-refractivity contribution in [3.8, 4) is 17.2 Å². The third-order valence-corrected chi connectivity index (χ3v) is 4.69. The van der Waals surface area contributed by atoms with Gasteiger partial charge in [0, 0.05) is 0 Å². The quantitative estimate of drug-likeness (QED) is 0.217. The molecule has 0 heterocycles. The van der Waals surface area contributed by atoms with Gasteiger partial charge in [0.2, 0.25) is 0 Å². The van der Waals surface area contributed by atoms with Crippen molar-refractivity contribution in [1.29, 1.82) is 0 Å². The molecule has 0 saturated heterocycles. The number of carbonyl (C=O) groups excluding carboxylic acids is 2. The van der Waals surface area contributed by atoms with Gasteiger partial charge in [0.05, 0.1) is 12.2 Å². The Morgan fingerprint density at radius 1 is 0.697 bits per heavy atom. The lowest BCUT2D eigenvalue weighted by molar-refractivity contribution is 0.0445. The van der Waals surface area contributed by atoms with Crippen molar-refractivity contribution in [2.75, 3.05) is 19.8 Å². The number of ether oxygens (including phenoxy) is 4. The second-order valence-corrected chi connectivity index (χ2v) is 7.74. The molecule has 0 radical (unpaired) electrons. The summed E-state index contributed by atoms with van der Waals surface area (Å²) in [6.45, 7) is 5.16. The summed E-state index contributed by atoms with van der Waals surface area (Å²) >= 11 is 0. The molecule has 0 aromatic heterocycles. The minimum Gasteiger partial charge on any atom is -0.494 e. The minimum absolute atomic E-state index is 0.0638. The lowest BCUT2D eigenvalue weighted by Gasteiger charge is -2.11. The van der Waals surface area contributed by atoms with Crippen molar-refractivity contribution < 1.29 is 28.5 Å². The van der Waals surface area contributed by atoms with Gasteiger partial charge in [-0.15, -0.1) is 0 Å². The van der Waals surface area contributed by atoms with E-state index in [0.29, 0.717) is 29.6 Å². The van der Waals surface area contributed by atoms with Gasteiger partial charge in [-0.3, -0.25) is 0 Å². The maximum absolute atomic E-state index is 12.6. The van der Waals surface area contributed by atoms with Crippen LogP contribution in [0.25, 0.3) is 0 Å². The van der Waals surface area contributed by atoms with Crippen LogP contribution in [0.5, 0.6) is 17.2 Å². The van der Waals surface area contributed by atoms with Crippen LogP contribution in [-0.4, -0.2) is 31.8 Å². The van der Waals surface area contributed by atoms with E-state index in [-0.39, 0.29) is 24.5 Å². The van der Waals surface area contributed by atoms with Crippen LogP contribution < -0.4 is 14.2 Å². The molecule has 0 aliphatic heterocycles. The van der Waals surface area contributed by atoms with Crippen LogP contribution >= 0.6 is 0 Å². The fourth-order valence-corrected chi connectivity index (χ4v) is 2.87. The summed E-state index contributed by atoms with van der Waals surface area (Å²) in [5.41, 5.74) is 0.518. The predicted octanol–water partition coefficient (Wildman–Crippen LogP) is 5.57. The van der Waals surface area contributed by atoms with Crippen molar-refractivity contribution in [2.24, 2.45) is 5.92 Å². The van der Waals surface area contributed by atoms with Crippen LogP contribution in [0.1, 0.15) is 41.0 Å². The third kappa shape index (κ3) is 7.68. The molecule has 3 rings (SSSR count). The molecule has 3 aromatic carbocycles. The first-order chi connectivity index (χ1) is 16.0. The molecule has 0 fully saturated rings. The molecule has 0 unspecified atom stereocenters. The van der Waals surface area contributed by atoms with Gasteiger partial charge in [0.25, 0.3) is 0 Å². The summed E-state index contributed by atoms with van der Waals surface area (Å²) in [6.07, 6.45) is 0.953. The van der Waals surface area contributed by atoms with Gasteiger partial charge in [-0.1, -0.05) is 44.2 Å². The molecule has 172 valence electrons. The van der Waals surface area contributed by atoms with Crippen molar-refractivity contribution in [2.45, 2.75) is 20.3 Å². The topological polar surface area (TPSA) is 71.1 Å². The fraction of sp³-hybridized carbons (Fsp3) is 0.259.